The molecule has 1 aromatic rings. The van der Waals surface area contributed by atoms with Gasteiger partial charge in [0.05, 0.1) is 6.04 Å². The van der Waals surface area contributed by atoms with Crippen LogP contribution in [-0.4, -0.2) is 0 Å². The summed E-state index contributed by atoms with van der Waals surface area (Å²) >= 11 is 6.01. The van der Waals surface area contributed by atoms with E-state index in [1.807, 2.05) is 6.92 Å². The zero-order chi connectivity index (χ0) is 11.4. The van der Waals surface area contributed by atoms with Gasteiger partial charge in [-0.2, -0.15) is 0 Å². The van der Waals surface area contributed by atoms with Crippen molar-refractivity contribution in [2.45, 2.75) is 26.3 Å². The zero-order valence-electron chi connectivity index (χ0n) is 8.93. The van der Waals surface area contributed by atoms with Crippen molar-refractivity contribution >= 4 is 11.6 Å². The maximum Gasteiger partial charge on any atom is 0.123 e. The van der Waals surface area contributed by atoms with Crippen molar-refractivity contribution in [2.75, 3.05) is 0 Å². The first-order valence-corrected chi connectivity index (χ1v) is 5.39. The minimum atomic E-state index is -0.294. The molecular weight excluding hydrogens is 215 g/mol. The Kier molecular flexibility index (Phi) is 4.51. The predicted molar refractivity (Wildman–Crippen MR) is 60.9 cm³/mol. The number of benzene rings is 1. The third kappa shape index (κ3) is 2.91. The summed E-state index contributed by atoms with van der Waals surface area (Å²) in [5, 5.41) is 0.541. The Labute approximate surface area is 94.6 Å². The first kappa shape index (κ1) is 12.4. The molecule has 0 aliphatic rings. The van der Waals surface area contributed by atoms with Crippen LogP contribution in [0.25, 0.3) is 0 Å². The van der Waals surface area contributed by atoms with E-state index in [4.69, 9.17) is 17.4 Å². The zero-order valence-corrected chi connectivity index (χ0v) is 9.68. The maximum atomic E-state index is 13.1. The highest BCUT2D eigenvalue weighted by Gasteiger charge is 2.19. The molecule has 1 aromatic carbocycles. The second-order valence-corrected chi connectivity index (χ2v) is 4.10. The van der Waals surface area contributed by atoms with Crippen LogP contribution < -0.4 is 11.3 Å². The van der Waals surface area contributed by atoms with E-state index in [2.05, 4.69) is 12.3 Å². The fraction of sp³-hybridized carbons (Fsp3) is 0.455. The number of rotatable bonds is 4. The van der Waals surface area contributed by atoms with Gasteiger partial charge in [0.2, 0.25) is 0 Å². The molecule has 0 spiro atoms. The van der Waals surface area contributed by atoms with Gasteiger partial charge in [0, 0.05) is 5.02 Å². The van der Waals surface area contributed by atoms with Gasteiger partial charge in [-0.3, -0.25) is 11.3 Å². The quantitative estimate of drug-likeness (QED) is 0.617. The van der Waals surface area contributed by atoms with Gasteiger partial charge in [-0.1, -0.05) is 31.9 Å². The monoisotopic (exact) mass is 230 g/mol. The Morgan fingerprint density at radius 3 is 2.73 bits per heavy atom. The van der Waals surface area contributed by atoms with E-state index in [9.17, 15) is 4.39 Å². The lowest BCUT2D eigenvalue weighted by atomic mass is 9.93. The van der Waals surface area contributed by atoms with Crippen LogP contribution >= 0.6 is 11.6 Å². The Bertz CT molecular complexity index is 330. The fourth-order valence-electron chi connectivity index (χ4n) is 1.55. The molecule has 0 aliphatic heterocycles. The maximum absolute atomic E-state index is 13.1. The van der Waals surface area contributed by atoms with Crippen molar-refractivity contribution in [3.05, 3.63) is 34.6 Å². The van der Waals surface area contributed by atoms with Gasteiger partial charge in [0.15, 0.2) is 0 Å². The third-order valence-corrected chi connectivity index (χ3v) is 3.03. The van der Waals surface area contributed by atoms with Crippen molar-refractivity contribution in [2.24, 2.45) is 11.8 Å². The standard InChI is InChI=1S/C11H16ClFN2/c1-3-7(2)11(15-14)9-6-8(13)4-5-10(9)12/h4-7,11,15H,3,14H2,1-2H3. The minimum absolute atomic E-state index is 0.113. The van der Waals surface area contributed by atoms with Gasteiger partial charge in [-0.15, -0.1) is 0 Å². The number of halogens is 2. The van der Waals surface area contributed by atoms with Gasteiger partial charge in [-0.25, -0.2) is 4.39 Å². The lowest BCUT2D eigenvalue weighted by Gasteiger charge is -2.23. The molecule has 0 radical (unpaired) electrons. The van der Waals surface area contributed by atoms with Crippen LogP contribution in [0.1, 0.15) is 31.9 Å². The lowest BCUT2D eigenvalue weighted by Crippen LogP contribution is -2.32. The fourth-order valence-corrected chi connectivity index (χ4v) is 1.78. The largest absolute Gasteiger partial charge is 0.271 e. The summed E-state index contributed by atoms with van der Waals surface area (Å²) in [6, 6.07) is 4.21. The van der Waals surface area contributed by atoms with Gasteiger partial charge in [-0.05, 0) is 29.7 Å². The third-order valence-electron chi connectivity index (χ3n) is 2.69. The molecule has 0 bridgehead atoms. The van der Waals surface area contributed by atoms with Crippen molar-refractivity contribution < 1.29 is 4.39 Å². The molecule has 0 saturated carbocycles. The molecule has 2 nitrogen and oxygen atoms in total. The number of hydrazine groups is 1. The summed E-state index contributed by atoms with van der Waals surface area (Å²) in [7, 11) is 0. The van der Waals surface area contributed by atoms with Crippen LogP contribution in [0.15, 0.2) is 18.2 Å². The molecule has 0 saturated heterocycles. The predicted octanol–water partition coefficient (Wildman–Crippen LogP) is 3.03. The van der Waals surface area contributed by atoms with Crippen LogP contribution in [0.3, 0.4) is 0 Å². The number of nitrogens with two attached hydrogens (primary N) is 1. The summed E-state index contributed by atoms with van der Waals surface area (Å²) in [6.45, 7) is 4.11. The SMILES string of the molecule is CCC(C)C(NN)c1cc(F)ccc1Cl. The first-order chi connectivity index (χ1) is 7.10. The average Bonchev–Trinajstić information content (AvgIpc) is 2.23. The van der Waals surface area contributed by atoms with Crippen molar-refractivity contribution in [3.63, 3.8) is 0 Å². The molecule has 0 fully saturated rings. The highest BCUT2D eigenvalue weighted by Crippen LogP contribution is 2.29. The highest BCUT2D eigenvalue weighted by atomic mass is 35.5. The Balaban J connectivity index is 3.05. The number of hydrogen-bond donors (Lipinski definition) is 2. The van der Waals surface area contributed by atoms with Gasteiger partial charge < -0.3 is 0 Å². The van der Waals surface area contributed by atoms with Crippen LogP contribution in [-0.2, 0) is 0 Å². The van der Waals surface area contributed by atoms with Crippen molar-refractivity contribution in [1.82, 2.24) is 5.43 Å². The second kappa shape index (κ2) is 5.45. The molecule has 0 heterocycles. The molecule has 0 aliphatic carbocycles. The van der Waals surface area contributed by atoms with E-state index in [1.165, 1.54) is 12.1 Å². The highest BCUT2D eigenvalue weighted by molar-refractivity contribution is 6.31. The molecule has 3 N–H and O–H groups in total. The normalized spacial score (nSPS) is 15.0. The van der Waals surface area contributed by atoms with Crippen molar-refractivity contribution in [1.29, 1.82) is 0 Å². The summed E-state index contributed by atoms with van der Waals surface area (Å²) in [5.41, 5.74) is 3.40. The van der Waals surface area contributed by atoms with E-state index in [0.717, 1.165) is 6.42 Å². The van der Waals surface area contributed by atoms with E-state index >= 15 is 0 Å². The molecule has 15 heavy (non-hydrogen) atoms. The Morgan fingerprint density at radius 1 is 1.53 bits per heavy atom. The van der Waals surface area contributed by atoms with Gasteiger partial charge in [0.25, 0.3) is 0 Å². The molecule has 0 aromatic heterocycles. The molecule has 0 amide bonds. The van der Waals surface area contributed by atoms with Crippen LogP contribution in [0.5, 0.6) is 0 Å². The topological polar surface area (TPSA) is 38.0 Å². The minimum Gasteiger partial charge on any atom is -0.271 e. The van der Waals surface area contributed by atoms with Crippen LogP contribution in [0.2, 0.25) is 5.02 Å². The van der Waals surface area contributed by atoms with Gasteiger partial charge in [0.1, 0.15) is 5.82 Å². The Hall–Kier alpha value is -0.640. The molecule has 2 unspecified atom stereocenters. The number of hydrogen-bond acceptors (Lipinski definition) is 2. The molecule has 84 valence electrons. The second-order valence-electron chi connectivity index (χ2n) is 3.70. The summed E-state index contributed by atoms with van der Waals surface area (Å²) in [4.78, 5) is 0. The Morgan fingerprint density at radius 2 is 2.20 bits per heavy atom. The summed E-state index contributed by atoms with van der Waals surface area (Å²) < 4.78 is 13.1. The van der Waals surface area contributed by atoms with E-state index in [-0.39, 0.29) is 11.9 Å². The first-order valence-electron chi connectivity index (χ1n) is 5.01. The lowest BCUT2D eigenvalue weighted by molar-refractivity contribution is 0.382. The molecule has 1 rings (SSSR count). The number of nitrogens with one attached hydrogen (secondary N) is 1. The van der Waals surface area contributed by atoms with E-state index in [1.54, 1.807) is 6.07 Å². The summed E-state index contributed by atoms with van der Waals surface area (Å²) in [6.07, 6.45) is 0.946. The van der Waals surface area contributed by atoms with Crippen molar-refractivity contribution in [3.8, 4) is 0 Å². The van der Waals surface area contributed by atoms with Crippen LogP contribution in [0, 0.1) is 11.7 Å². The molecule has 2 atom stereocenters. The summed E-state index contributed by atoms with van der Waals surface area (Å²) in [5.74, 6) is 5.48. The van der Waals surface area contributed by atoms with Crippen LogP contribution in [0.4, 0.5) is 4.39 Å². The molecular formula is C11H16ClFN2. The van der Waals surface area contributed by atoms with Gasteiger partial charge >= 0.3 is 0 Å². The smallest absolute Gasteiger partial charge is 0.123 e. The van der Waals surface area contributed by atoms with E-state index in [0.29, 0.717) is 16.5 Å². The van der Waals surface area contributed by atoms with E-state index < -0.39 is 0 Å². The average molecular weight is 231 g/mol. The molecule has 4 heteroatoms.